The van der Waals surface area contributed by atoms with E-state index < -0.39 is 23.6 Å². The Labute approximate surface area is 183 Å². The Morgan fingerprint density at radius 1 is 1.09 bits per heavy atom. The number of aryl methyl sites for hydroxylation is 1. The molecule has 1 aliphatic carbocycles. The van der Waals surface area contributed by atoms with E-state index in [1.165, 1.54) is 18.2 Å². The molecule has 0 saturated carbocycles. The minimum atomic E-state index is -4.63. The van der Waals surface area contributed by atoms with Gasteiger partial charge in [-0.15, -0.1) is 0 Å². The number of anilines is 1. The first-order valence-corrected chi connectivity index (χ1v) is 10.3. The molecule has 0 fully saturated rings. The van der Waals surface area contributed by atoms with Crippen LogP contribution in [0.3, 0.4) is 0 Å². The lowest BCUT2D eigenvalue weighted by Crippen LogP contribution is -2.36. The molecule has 1 aromatic carbocycles. The molecule has 1 atom stereocenters. The Hall–Kier alpha value is -3.42. The Balaban J connectivity index is 1.87. The Kier molecular flexibility index (Phi) is 5.62. The largest absolute Gasteiger partial charge is 0.416 e. The zero-order valence-corrected chi connectivity index (χ0v) is 17.6. The summed E-state index contributed by atoms with van der Waals surface area (Å²) in [6.45, 7) is 3.41. The van der Waals surface area contributed by atoms with Gasteiger partial charge in [0.25, 0.3) is 5.91 Å². The second kappa shape index (κ2) is 8.26. The maximum Gasteiger partial charge on any atom is 0.416 e. The van der Waals surface area contributed by atoms with Crippen molar-refractivity contribution in [3.63, 3.8) is 0 Å². The molecule has 0 saturated heterocycles. The lowest BCUT2D eigenvalue weighted by molar-refractivity contribution is -0.138. The van der Waals surface area contributed by atoms with Gasteiger partial charge in [0.15, 0.2) is 5.78 Å². The molecule has 1 amide bonds. The van der Waals surface area contributed by atoms with E-state index in [0.29, 0.717) is 29.9 Å². The quantitative estimate of drug-likeness (QED) is 0.702. The number of halogens is 3. The molecular weight excluding hydrogens is 419 g/mol. The molecule has 0 radical (unpaired) electrons. The van der Waals surface area contributed by atoms with Gasteiger partial charge in [0.05, 0.1) is 5.56 Å². The molecule has 166 valence electrons. The van der Waals surface area contributed by atoms with Crippen molar-refractivity contribution in [1.82, 2.24) is 10.3 Å². The third-order valence-corrected chi connectivity index (χ3v) is 5.73. The monoisotopic (exact) mass is 441 g/mol. The minimum Gasteiger partial charge on any atom is -0.362 e. The fourth-order valence-corrected chi connectivity index (χ4v) is 4.40. The van der Waals surface area contributed by atoms with Crippen LogP contribution in [-0.4, -0.2) is 16.7 Å². The molecule has 32 heavy (non-hydrogen) atoms. The van der Waals surface area contributed by atoms with Crippen LogP contribution in [0.4, 0.5) is 19.0 Å². The summed E-state index contributed by atoms with van der Waals surface area (Å²) < 4.78 is 41.7. The van der Waals surface area contributed by atoms with Crippen molar-refractivity contribution in [2.24, 2.45) is 0 Å². The fraction of sp³-hybridized carbons (Fsp3) is 0.292. The van der Waals surface area contributed by atoms with Crippen LogP contribution in [-0.2, 0) is 15.8 Å². The molecule has 0 bridgehead atoms. The second-order valence-corrected chi connectivity index (χ2v) is 7.97. The van der Waals surface area contributed by atoms with Gasteiger partial charge in [-0.25, -0.2) is 4.98 Å². The van der Waals surface area contributed by atoms with Gasteiger partial charge in [-0.3, -0.25) is 9.59 Å². The lowest BCUT2D eigenvalue weighted by atomic mass is 9.73. The third-order valence-electron chi connectivity index (χ3n) is 5.73. The van der Waals surface area contributed by atoms with Gasteiger partial charge in [0.1, 0.15) is 5.82 Å². The third kappa shape index (κ3) is 4.04. The highest BCUT2D eigenvalue weighted by atomic mass is 19.4. The predicted octanol–water partition coefficient (Wildman–Crippen LogP) is 5.02. The topological polar surface area (TPSA) is 71.1 Å². The minimum absolute atomic E-state index is 0.0824. The van der Waals surface area contributed by atoms with Crippen LogP contribution in [0.15, 0.2) is 65.0 Å². The van der Waals surface area contributed by atoms with Gasteiger partial charge >= 0.3 is 6.18 Å². The lowest BCUT2D eigenvalue weighted by Gasteiger charge is -2.35. The number of hydrogen-bond donors (Lipinski definition) is 2. The average Bonchev–Trinajstić information content (AvgIpc) is 2.72. The van der Waals surface area contributed by atoms with E-state index in [1.54, 1.807) is 32.0 Å². The zero-order valence-electron chi connectivity index (χ0n) is 17.6. The maximum absolute atomic E-state index is 13.9. The SMILES string of the molecule is CC1=C(C(=O)Nc2cccc(C)n2)[C@@H](c2ccccc2C(F)(F)F)C2=C(CCCC2=O)N1. The number of rotatable bonds is 3. The number of benzene rings is 1. The van der Waals surface area contributed by atoms with E-state index in [-0.39, 0.29) is 34.7 Å². The van der Waals surface area contributed by atoms with Gasteiger partial charge in [0.2, 0.25) is 0 Å². The van der Waals surface area contributed by atoms with E-state index in [0.717, 1.165) is 6.07 Å². The predicted molar refractivity (Wildman–Crippen MR) is 114 cm³/mol. The molecule has 2 aromatic rings. The molecule has 2 N–H and O–H groups in total. The number of carbonyl (C=O) groups excluding carboxylic acids is 2. The summed E-state index contributed by atoms with van der Waals surface area (Å²) in [7, 11) is 0. The van der Waals surface area contributed by atoms with Crippen LogP contribution in [0, 0.1) is 6.92 Å². The van der Waals surface area contributed by atoms with E-state index in [4.69, 9.17) is 0 Å². The van der Waals surface area contributed by atoms with Crippen molar-refractivity contribution in [3.8, 4) is 0 Å². The number of aromatic nitrogens is 1. The summed E-state index contributed by atoms with van der Waals surface area (Å²) in [6.07, 6.45) is -3.25. The number of nitrogens with zero attached hydrogens (tertiary/aromatic N) is 1. The highest BCUT2D eigenvalue weighted by molar-refractivity contribution is 6.09. The van der Waals surface area contributed by atoms with Crippen molar-refractivity contribution < 1.29 is 22.8 Å². The van der Waals surface area contributed by atoms with Gasteiger partial charge in [0, 0.05) is 40.6 Å². The van der Waals surface area contributed by atoms with E-state index in [9.17, 15) is 22.8 Å². The number of allylic oxidation sites excluding steroid dienone is 3. The summed E-state index contributed by atoms with van der Waals surface area (Å²) in [6, 6.07) is 10.2. The summed E-state index contributed by atoms with van der Waals surface area (Å²) >= 11 is 0. The molecule has 2 heterocycles. The second-order valence-electron chi connectivity index (χ2n) is 7.97. The first kappa shape index (κ1) is 21.8. The molecule has 1 aliphatic heterocycles. The number of hydrogen-bond acceptors (Lipinski definition) is 4. The number of Topliss-reactive ketones (excluding diaryl/α,β-unsaturated/α-hetero) is 1. The molecule has 0 spiro atoms. The summed E-state index contributed by atoms with van der Waals surface area (Å²) in [5, 5.41) is 5.80. The number of pyridine rings is 1. The summed E-state index contributed by atoms with van der Waals surface area (Å²) in [4.78, 5) is 30.5. The first-order chi connectivity index (χ1) is 15.2. The van der Waals surface area contributed by atoms with Crippen LogP contribution in [0.1, 0.15) is 48.9 Å². The van der Waals surface area contributed by atoms with E-state index in [1.807, 2.05) is 0 Å². The molecular formula is C24H22F3N3O2. The number of ketones is 1. The number of carbonyl (C=O) groups is 2. The van der Waals surface area contributed by atoms with Gasteiger partial charge < -0.3 is 10.6 Å². The number of amides is 1. The van der Waals surface area contributed by atoms with Crippen molar-refractivity contribution in [1.29, 1.82) is 0 Å². The molecule has 5 nitrogen and oxygen atoms in total. The number of nitrogens with one attached hydrogen (secondary N) is 2. The normalized spacial score (nSPS) is 18.9. The van der Waals surface area contributed by atoms with Crippen molar-refractivity contribution in [2.75, 3.05) is 5.32 Å². The molecule has 2 aliphatic rings. The van der Waals surface area contributed by atoms with Crippen LogP contribution in [0.5, 0.6) is 0 Å². The highest BCUT2D eigenvalue weighted by Crippen LogP contribution is 2.46. The van der Waals surface area contributed by atoms with Gasteiger partial charge in [-0.05, 0) is 50.5 Å². The first-order valence-electron chi connectivity index (χ1n) is 10.3. The highest BCUT2D eigenvalue weighted by Gasteiger charge is 2.43. The summed E-state index contributed by atoms with van der Waals surface area (Å²) in [5.41, 5.74) is 1.05. The Morgan fingerprint density at radius 2 is 1.84 bits per heavy atom. The smallest absolute Gasteiger partial charge is 0.362 e. The molecule has 0 unspecified atom stereocenters. The number of alkyl halides is 3. The van der Waals surface area contributed by atoms with Gasteiger partial charge in [-0.1, -0.05) is 24.3 Å². The van der Waals surface area contributed by atoms with Crippen molar-refractivity contribution >= 4 is 17.5 Å². The number of dihydropyridines is 1. The van der Waals surface area contributed by atoms with Crippen LogP contribution >= 0.6 is 0 Å². The maximum atomic E-state index is 13.9. The average molecular weight is 441 g/mol. The molecule has 1 aromatic heterocycles. The molecule has 8 heteroatoms. The van der Waals surface area contributed by atoms with E-state index >= 15 is 0 Å². The van der Waals surface area contributed by atoms with Crippen molar-refractivity contribution in [2.45, 2.75) is 45.2 Å². The van der Waals surface area contributed by atoms with Crippen LogP contribution in [0.2, 0.25) is 0 Å². The van der Waals surface area contributed by atoms with Gasteiger partial charge in [-0.2, -0.15) is 13.2 Å². The Bertz CT molecular complexity index is 1170. The van der Waals surface area contributed by atoms with E-state index in [2.05, 4.69) is 15.6 Å². The van der Waals surface area contributed by atoms with Crippen molar-refractivity contribution in [3.05, 3.63) is 81.8 Å². The molecule has 4 rings (SSSR count). The Morgan fingerprint density at radius 3 is 2.56 bits per heavy atom. The summed E-state index contributed by atoms with van der Waals surface area (Å²) in [5.74, 6) is -1.68. The van der Waals surface area contributed by atoms with Crippen LogP contribution < -0.4 is 10.6 Å². The van der Waals surface area contributed by atoms with Crippen LogP contribution in [0.25, 0.3) is 0 Å². The zero-order chi connectivity index (χ0) is 23.0. The standard InChI is InChI=1S/C24H22F3N3O2/c1-13-7-5-12-19(28-13)30-23(32)20-14(2)29-17-10-6-11-18(31)22(17)21(20)15-8-3-4-9-16(15)24(25,26)27/h3-5,7-9,12,21,29H,6,10-11H2,1-2H3,(H,28,30,32)/t21-/m1/s1. The fourth-order valence-electron chi connectivity index (χ4n) is 4.40.